The minimum absolute atomic E-state index is 0.0460. The van der Waals surface area contributed by atoms with E-state index in [9.17, 15) is 4.79 Å². The lowest BCUT2D eigenvalue weighted by Crippen LogP contribution is -2.43. The highest BCUT2D eigenvalue weighted by Gasteiger charge is 2.26. The molecule has 0 spiro atoms. The summed E-state index contributed by atoms with van der Waals surface area (Å²) in [6.07, 6.45) is 3.42. The Morgan fingerprint density at radius 2 is 2.10 bits per heavy atom. The second-order valence-electron chi connectivity index (χ2n) is 7.06. The van der Waals surface area contributed by atoms with Gasteiger partial charge in [-0.15, -0.1) is 10.2 Å². The minimum Gasteiger partial charge on any atom is -0.496 e. The molecule has 1 aromatic carbocycles. The standard InChI is InChI=1S/C22H24N4O3/c1-28-20-9-3-2-8-18(20)19-10-11-21(25-24-19)26-12-4-6-16(15-26)22(27)23-14-17-7-5-13-29-17/h2-3,5,7-11,13,16H,4,6,12,14-15H2,1H3,(H,23,27)/t16-/m1/s1. The Morgan fingerprint density at radius 3 is 2.86 bits per heavy atom. The number of nitrogens with one attached hydrogen (secondary N) is 1. The Hall–Kier alpha value is -3.35. The average Bonchev–Trinajstić information content (AvgIpc) is 3.31. The SMILES string of the molecule is COc1ccccc1-c1ccc(N2CCC[C@@H](C(=O)NCc3ccco3)C2)nn1. The molecule has 0 unspecified atom stereocenters. The summed E-state index contributed by atoms with van der Waals surface area (Å²) in [6.45, 7) is 1.91. The molecule has 0 aliphatic carbocycles. The number of ether oxygens (including phenoxy) is 1. The molecule has 0 saturated carbocycles. The number of hydrogen-bond donors (Lipinski definition) is 1. The van der Waals surface area contributed by atoms with E-state index in [1.54, 1.807) is 13.4 Å². The van der Waals surface area contributed by atoms with Gasteiger partial charge in [0, 0.05) is 18.7 Å². The predicted molar refractivity (Wildman–Crippen MR) is 110 cm³/mol. The van der Waals surface area contributed by atoms with Crippen molar-refractivity contribution in [3.63, 3.8) is 0 Å². The fourth-order valence-electron chi connectivity index (χ4n) is 3.62. The second-order valence-corrected chi connectivity index (χ2v) is 7.06. The van der Waals surface area contributed by atoms with Gasteiger partial charge in [-0.05, 0) is 49.2 Å². The third-order valence-electron chi connectivity index (χ3n) is 5.17. The van der Waals surface area contributed by atoms with E-state index >= 15 is 0 Å². The first-order valence-corrected chi connectivity index (χ1v) is 9.77. The molecule has 1 N–H and O–H groups in total. The topological polar surface area (TPSA) is 80.5 Å². The normalized spacial score (nSPS) is 16.4. The van der Waals surface area contributed by atoms with E-state index in [0.717, 1.165) is 48.0 Å². The van der Waals surface area contributed by atoms with Gasteiger partial charge in [-0.2, -0.15) is 0 Å². The number of benzene rings is 1. The number of para-hydroxylation sites is 1. The molecule has 1 atom stereocenters. The summed E-state index contributed by atoms with van der Waals surface area (Å²) >= 11 is 0. The molecule has 1 amide bonds. The minimum atomic E-state index is -0.0746. The number of aromatic nitrogens is 2. The van der Waals surface area contributed by atoms with Gasteiger partial charge in [0.2, 0.25) is 5.91 Å². The molecular weight excluding hydrogens is 368 g/mol. The Morgan fingerprint density at radius 1 is 1.21 bits per heavy atom. The molecule has 1 saturated heterocycles. The molecule has 1 aliphatic heterocycles. The van der Waals surface area contributed by atoms with Crippen LogP contribution in [0.15, 0.2) is 59.2 Å². The second kappa shape index (κ2) is 8.77. The van der Waals surface area contributed by atoms with E-state index in [2.05, 4.69) is 20.4 Å². The summed E-state index contributed by atoms with van der Waals surface area (Å²) in [5.74, 6) is 2.27. The lowest BCUT2D eigenvalue weighted by Gasteiger charge is -2.32. The molecule has 4 rings (SSSR count). The van der Waals surface area contributed by atoms with Crippen LogP contribution < -0.4 is 15.0 Å². The van der Waals surface area contributed by atoms with Crippen LogP contribution in [0.2, 0.25) is 0 Å². The molecule has 3 heterocycles. The van der Waals surface area contributed by atoms with Crippen molar-refractivity contribution in [3.8, 4) is 17.0 Å². The van der Waals surface area contributed by atoms with Crippen LogP contribution in [-0.2, 0) is 11.3 Å². The van der Waals surface area contributed by atoms with E-state index in [-0.39, 0.29) is 11.8 Å². The van der Waals surface area contributed by atoms with Crippen LogP contribution in [0.4, 0.5) is 5.82 Å². The average molecular weight is 392 g/mol. The highest BCUT2D eigenvalue weighted by Crippen LogP contribution is 2.29. The summed E-state index contributed by atoms with van der Waals surface area (Å²) in [5.41, 5.74) is 1.67. The van der Waals surface area contributed by atoms with E-state index in [1.807, 2.05) is 48.5 Å². The van der Waals surface area contributed by atoms with E-state index in [0.29, 0.717) is 13.1 Å². The first-order chi connectivity index (χ1) is 14.2. The number of nitrogens with zero attached hydrogens (tertiary/aromatic N) is 3. The van der Waals surface area contributed by atoms with E-state index < -0.39 is 0 Å². The first kappa shape index (κ1) is 19.0. The molecule has 29 heavy (non-hydrogen) atoms. The Kier molecular flexibility index (Phi) is 5.74. The zero-order valence-electron chi connectivity index (χ0n) is 16.4. The van der Waals surface area contributed by atoms with Gasteiger partial charge < -0.3 is 19.4 Å². The highest BCUT2D eigenvalue weighted by molar-refractivity contribution is 5.79. The third kappa shape index (κ3) is 4.39. The van der Waals surface area contributed by atoms with Crippen molar-refractivity contribution in [1.29, 1.82) is 0 Å². The number of rotatable bonds is 6. The number of methoxy groups -OCH3 is 1. The third-order valence-corrected chi connectivity index (χ3v) is 5.17. The van der Waals surface area contributed by atoms with Crippen molar-refractivity contribution in [3.05, 3.63) is 60.6 Å². The van der Waals surface area contributed by atoms with Gasteiger partial charge in [0.1, 0.15) is 11.5 Å². The largest absolute Gasteiger partial charge is 0.496 e. The predicted octanol–water partition coefficient (Wildman–Crippen LogP) is 3.28. The summed E-state index contributed by atoms with van der Waals surface area (Å²) in [5, 5.41) is 11.8. The van der Waals surface area contributed by atoms with Gasteiger partial charge in [0.05, 0.1) is 31.5 Å². The number of amides is 1. The number of furan rings is 1. The molecule has 3 aromatic rings. The van der Waals surface area contributed by atoms with Crippen LogP contribution in [0, 0.1) is 5.92 Å². The van der Waals surface area contributed by atoms with Gasteiger partial charge in [-0.25, -0.2) is 0 Å². The molecule has 1 fully saturated rings. The van der Waals surface area contributed by atoms with Gasteiger partial charge in [0.15, 0.2) is 5.82 Å². The van der Waals surface area contributed by atoms with Crippen molar-refractivity contribution in [2.75, 3.05) is 25.1 Å². The summed E-state index contributed by atoms with van der Waals surface area (Å²) < 4.78 is 10.7. The molecule has 1 aliphatic rings. The monoisotopic (exact) mass is 392 g/mol. The van der Waals surface area contributed by atoms with Crippen LogP contribution in [-0.4, -0.2) is 36.3 Å². The number of anilines is 1. The van der Waals surface area contributed by atoms with Crippen LogP contribution in [0.25, 0.3) is 11.3 Å². The Balaban J connectivity index is 1.41. The van der Waals surface area contributed by atoms with Gasteiger partial charge in [-0.3, -0.25) is 4.79 Å². The Labute approximate surface area is 169 Å². The van der Waals surface area contributed by atoms with E-state index in [1.165, 1.54) is 0 Å². The van der Waals surface area contributed by atoms with Crippen LogP contribution in [0.1, 0.15) is 18.6 Å². The summed E-state index contributed by atoms with van der Waals surface area (Å²) in [4.78, 5) is 14.7. The first-order valence-electron chi connectivity index (χ1n) is 9.77. The molecule has 7 nitrogen and oxygen atoms in total. The molecule has 7 heteroatoms. The van der Waals surface area contributed by atoms with Crippen LogP contribution in [0.3, 0.4) is 0 Å². The maximum absolute atomic E-state index is 12.6. The molecule has 0 bridgehead atoms. The van der Waals surface area contributed by atoms with Crippen molar-refractivity contribution >= 4 is 11.7 Å². The van der Waals surface area contributed by atoms with Crippen molar-refractivity contribution in [2.45, 2.75) is 19.4 Å². The van der Waals surface area contributed by atoms with Crippen molar-refractivity contribution < 1.29 is 13.9 Å². The van der Waals surface area contributed by atoms with Crippen LogP contribution >= 0.6 is 0 Å². The number of hydrogen-bond acceptors (Lipinski definition) is 6. The molecule has 150 valence electrons. The quantitative estimate of drug-likeness (QED) is 0.693. The fourth-order valence-corrected chi connectivity index (χ4v) is 3.62. The zero-order valence-corrected chi connectivity index (χ0v) is 16.4. The zero-order chi connectivity index (χ0) is 20.1. The maximum atomic E-state index is 12.6. The highest BCUT2D eigenvalue weighted by atomic mass is 16.5. The number of carbonyl (C=O) groups excluding carboxylic acids is 1. The lowest BCUT2D eigenvalue weighted by molar-refractivity contribution is -0.125. The fraction of sp³-hybridized carbons (Fsp3) is 0.318. The smallest absolute Gasteiger partial charge is 0.225 e. The van der Waals surface area contributed by atoms with Gasteiger partial charge in [-0.1, -0.05) is 12.1 Å². The summed E-state index contributed by atoms with van der Waals surface area (Å²) in [6, 6.07) is 15.3. The summed E-state index contributed by atoms with van der Waals surface area (Å²) in [7, 11) is 1.64. The lowest BCUT2D eigenvalue weighted by atomic mass is 9.97. The Bertz CT molecular complexity index is 941. The number of piperidine rings is 1. The maximum Gasteiger partial charge on any atom is 0.225 e. The van der Waals surface area contributed by atoms with Crippen molar-refractivity contribution in [1.82, 2.24) is 15.5 Å². The van der Waals surface area contributed by atoms with Gasteiger partial charge in [0.25, 0.3) is 0 Å². The van der Waals surface area contributed by atoms with Gasteiger partial charge >= 0.3 is 0 Å². The number of carbonyl (C=O) groups is 1. The van der Waals surface area contributed by atoms with Crippen molar-refractivity contribution in [2.24, 2.45) is 5.92 Å². The molecule has 0 radical (unpaired) electrons. The van der Waals surface area contributed by atoms with E-state index in [4.69, 9.17) is 9.15 Å². The molecular formula is C22H24N4O3. The molecule has 2 aromatic heterocycles. The van der Waals surface area contributed by atoms with Crippen LogP contribution in [0.5, 0.6) is 5.75 Å².